The molecule has 0 N–H and O–H groups in total. The van der Waals surface area contributed by atoms with E-state index < -0.39 is 5.41 Å². The van der Waals surface area contributed by atoms with Crippen molar-refractivity contribution in [1.29, 1.82) is 0 Å². The summed E-state index contributed by atoms with van der Waals surface area (Å²) >= 11 is 0. The van der Waals surface area contributed by atoms with Crippen molar-refractivity contribution in [2.75, 3.05) is 0 Å². The predicted molar refractivity (Wildman–Crippen MR) is 322 cm³/mol. The zero-order valence-corrected chi connectivity index (χ0v) is 50.7. The summed E-state index contributed by atoms with van der Waals surface area (Å²) in [6.07, 6.45) is 2.28. The maximum Gasteiger partial charge on any atom is 0 e. The Labute approximate surface area is 469 Å². The Morgan fingerprint density at radius 2 is 0.712 bits per heavy atom. The van der Waals surface area contributed by atoms with E-state index in [0.717, 1.165) is 6.42 Å². The minimum atomic E-state index is -0.554. The third kappa shape index (κ3) is 15.1. The van der Waals surface area contributed by atoms with Crippen LogP contribution < -0.4 is 0 Å². The third-order valence-electron chi connectivity index (χ3n) is 14.5. The van der Waals surface area contributed by atoms with E-state index in [0.29, 0.717) is 5.41 Å². The molecule has 0 bridgehead atoms. The predicted octanol–water partition coefficient (Wildman–Crippen LogP) is 21.2. The molecule has 0 saturated heterocycles. The van der Waals surface area contributed by atoms with Crippen LogP contribution in [0.25, 0.3) is 39.0 Å². The Morgan fingerprint density at radius 1 is 0.397 bits per heavy atom. The first-order valence-electron chi connectivity index (χ1n) is 26.5. The maximum atomic E-state index is 2.46. The standard InChI is InChI=1S/C64H65.C6H14.C2H6.Y/c1-12-51-29-37-53(38-30-51)49(9)60(55-19-15-13-16-20-55)61(48(8)52-31-23-44(4)24-32-52)56-39-41-58(42-40-56)63(50(10)54-33-25-45(5)26-34-54)64(11,59-21-17-14-18-22-59)62(47(7)43(2)3)57-35-27-46(6)28-36-57;1-5-6(2,3)4;1-2;/h13-42H,12H2,1-11H3;5H2,1-4H3;1-2H3;/q-1;;;/b60-49+,61-48+,62-47-,63-50+;;;. The summed E-state index contributed by atoms with van der Waals surface area (Å²) in [6, 6.07) is 68.1. The molecule has 1 radical (unpaired) electrons. The normalized spacial score (nSPS) is 13.4. The van der Waals surface area contributed by atoms with Crippen molar-refractivity contribution in [2.24, 2.45) is 5.41 Å². The fraction of sp³-hybridized carbons (Fsp3) is 0.292. The number of allylic oxidation sites excluding steroid dienone is 8. The molecule has 0 nitrogen and oxygen atoms in total. The van der Waals surface area contributed by atoms with Crippen molar-refractivity contribution >= 4 is 39.0 Å². The molecule has 377 valence electrons. The van der Waals surface area contributed by atoms with Crippen LogP contribution in [-0.2, 0) is 44.5 Å². The van der Waals surface area contributed by atoms with Crippen LogP contribution in [-0.4, -0.2) is 0 Å². The van der Waals surface area contributed by atoms with Crippen LogP contribution in [0.4, 0.5) is 0 Å². The van der Waals surface area contributed by atoms with Gasteiger partial charge in [-0.25, -0.2) is 11.5 Å². The molecule has 7 rings (SSSR count). The summed E-state index contributed by atoms with van der Waals surface area (Å²) in [4.78, 5) is 0. The van der Waals surface area contributed by atoms with E-state index in [4.69, 9.17) is 0 Å². The van der Waals surface area contributed by atoms with Gasteiger partial charge in [0.15, 0.2) is 0 Å². The van der Waals surface area contributed by atoms with Gasteiger partial charge in [0.1, 0.15) is 0 Å². The van der Waals surface area contributed by atoms with Gasteiger partial charge in [0, 0.05) is 32.7 Å². The van der Waals surface area contributed by atoms with E-state index in [1.54, 1.807) is 0 Å². The summed E-state index contributed by atoms with van der Waals surface area (Å²) in [5.41, 5.74) is 25.0. The first-order valence-corrected chi connectivity index (χ1v) is 26.5. The summed E-state index contributed by atoms with van der Waals surface area (Å²) in [7, 11) is 0. The Balaban J connectivity index is 0.00000120. The molecule has 1 atom stereocenters. The van der Waals surface area contributed by atoms with Crippen LogP contribution in [0.5, 0.6) is 0 Å². The molecule has 0 aliphatic rings. The first-order chi connectivity index (χ1) is 34.4. The molecule has 1 unspecified atom stereocenters. The van der Waals surface area contributed by atoms with Crippen molar-refractivity contribution in [3.8, 4) is 0 Å². The van der Waals surface area contributed by atoms with Crippen molar-refractivity contribution in [3.63, 3.8) is 0 Å². The molecule has 7 aromatic rings. The molecule has 7 aromatic carbocycles. The second-order valence-corrected chi connectivity index (χ2v) is 21.0. The third-order valence-corrected chi connectivity index (χ3v) is 14.5. The number of benzene rings is 7. The van der Waals surface area contributed by atoms with Crippen LogP contribution in [0.15, 0.2) is 188 Å². The van der Waals surface area contributed by atoms with Gasteiger partial charge in [-0.15, -0.1) is 19.4 Å². The van der Waals surface area contributed by atoms with Crippen molar-refractivity contribution in [3.05, 3.63) is 260 Å². The van der Waals surface area contributed by atoms with Crippen LogP contribution in [0.3, 0.4) is 0 Å². The van der Waals surface area contributed by atoms with Crippen LogP contribution in [0.2, 0.25) is 0 Å². The quantitative estimate of drug-likeness (QED) is 0.0613. The number of aryl methyl sites for hydroxylation is 4. The van der Waals surface area contributed by atoms with Gasteiger partial charge in [-0.2, -0.15) is 5.57 Å². The van der Waals surface area contributed by atoms with E-state index in [1.807, 2.05) is 13.8 Å². The second-order valence-electron chi connectivity index (χ2n) is 21.0. The average molecular weight is 1040 g/mol. The van der Waals surface area contributed by atoms with Gasteiger partial charge >= 0.3 is 0 Å². The van der Waals surface area contributed by atoms with E-state index in [-0.39, 0.29) is 32.7 Å². The Bertz CT molecular complexity index is 2930. The summed E-state index contributed by atoms with van der Waals surface area (Å²) in [6.45, 7) is 37.9. The molecule has 73 heavy (non-hydrogen) atoms. The first kappa shape index (κ1) is 60.0. The molecule has 0 fully saturated rings. The minimum Gasteiger partial charge on any atom is -0.218 e. The summed E-state index contributed by atoms with van der Waals surface area (Å²) < 4.78 is 0. The molecule has 0 aliphatic carbocycles. The SMILES string of the molecule is CC.CCC(C)(C)C.CCc1ccc(/C(C)=C(/C(=C(\C)c2ccc(C)cc2)c2ccc(/C(=C(/C)c3ccc(C)cc3)C(C)(/C(=C(/C)[C-](C)C)c3ccc(C)cc3)c3ccccc3)cc2)c2ccccc2)cc1.[Y]. The van der Waals surface area contributed by atoms with E-state index in [1.165, 1.54) is 124 Å². The molecule has 0 aliphatic heterocycles. The van der Waals surface area contributed by atoms with Gasteiger partial charge in [0.25, 0.3) is 0 Å². The van der Waals surface area contributed by atoms with Crippen molar-refractivity contribution in [2.45, 2.75) is 136 Å². The Hall–Kier alpha value is -5.53. The molecule has 0 aromatic heterocycles. The van der Waals surface area contributed by atoms with Gasteiger partial charge in [-0.3, -0.25) is 0 Å². The van der Waals surface area contributed by atoms with Crippen LogP contribution in [0.1, 0.15) is 170 Å². The van der Waals surface area contributed by atoms with Crippen molar-refractivity contribution in [1.82, 2.24) is 0 Å². The molecule has 0 heterocycles. The smallest absolute Gasteiger partial charge is 0 e. The van der Waals surface area contributed by atoms with Gasteiger partial charge in [-0.05, 0) is 131 Å². The van der Waals surface area contributed by atoms with Gasteiger partial charge in [0.05, 0.1) is 0 Å². The number of rotatable bonds is 13. The Kier molecular flexibility index (Phi) is 22.8. The van der Waals surface area contributed by atoms with Gasteiger partial charge in [0.2, 0.25) is 0 Å². The monoisotopic (exact) mass is 1040 g/mol. The number of hydrogen-bond acceptors (Lipinski definition) is 0. The minimum absolute atomic E-state index is 0. The maximum absolute atomic E-state index is 2.46. The molecule has 0 saturated carbocycles. The largest absolute Gasteiger partial charge is 0.218 e. The molecular weight excluding hydrogens is 954 g/mol. The van der Waals surface area contributed by atoms with E-state index in [9.17, 15) is 0 Å². The fourth-order valence-electron chi connectivity index (χ4n) is 9.45. The van der Waals surface area contributed by atoms with Crippen molar-refractivity contribution < 1.29 is 32.7 Å². The molecule has 0 spiro atoms. The number of hydrogen-bond donors (Lipinski definition) is 0. The summed E-state index contributed by atoms with van der Waals surface area (Å²) in [5, 5.41) is 0. The van der Waals surface area contributed by atoms with Crippen LogP contribution >= 0.6 is 0 Å². The average Bonchev–Trinajstić information content (AvgIpc) is 3.40. The Morgan fingerprint density at radius 3 is 1.10 bits per heavy atom. The summed E-state index contributed by atoms with van der Waals surface area (Å²) in [5.74, 6) is 1.31. The molecular formula is C72H85Y-. The van der Waals surface area contributed by atoms with Gasteiger partial charge < -0.3 is 0 Å². The second kappa shape index (κ2) is 27.7. The van der Waals surface area contributed by atoms with Crippen LogP contribution in [0, 0.1) is 32.1 Å². The zero-order chi connectivity index (χ0) is 52.8. The topological polar surface area (TPSA) is 0 Å². The fourth-order valence-corrected chi connectivity index (χ4v) is 9.45. The molecule has 1 heteroatoms. The molecule has 0 amide bonds. The van der Waals surface area contributed by atoms with Gasteiger partial charge in [-0.1, -0.05) is 273 Å². The van der Waals surface area contributed by atoms with E-state index in [2.05, 4.69) is 286 Å². The van der Waals surface area contributed by atoms with E-state index >= 15 is 0 Å². The zero-order valence-electron chi connectivity index (χ0n) is 47.8.